The summed E-state index contributed by atoms with van der Waals surface area (Å²) >= 11 is 0. The van der Waals surface area contributed by atoms with Crippen LogP contribution in [0.5, 0.6) is 0 Å². The standard InChI is InChI=1S/C10H17F3N2O3/c11-10(12,13)7-15-2-1-8(6-15)5-14-9(17)18-4-3-16/h8,16H,1-7H2,(H,14,17). The number of hydrogen-bond donors (Lipinski definition) is 2. The quantitative estimate of drug-likeness (QED) is 0.767. The zero-order valence-corrected chi connectivity index (χ0v) is 9.87. The average molecular weight is 270 g/mol. The normalized spacial score (nSPS) is 21.0. The van der Waals surface area contributed by atoms with Gasteiger partial charge in [-0.3, -0.25) is 4.90 Å². The first-order valence-corrected chi connectivity index (χ1v) is 5.71. The zero-order chi connectivity index (χ0) is 13.6. The van der Waals surface area contributed by atoms with Crippen molar-refractivity contribution in [1.82, 2.24) is 10.2 Å². The SMILES string of the molecule is O=C(NCC1CCN(CC(F)(F)F)C1)OCCO. The van der Waals surface area contributed by atoms with E-state index in [9.17, 15) is 18.0 Å². The summed E-state index contributed by atoms with van der Waals surface area (Å²) in [5.41, 5.74) is 0. The summed E-state index contributed by atoms with van der Waals surface area (Å²) < 4.78 is 41.0. The highest BCUT2D eigenvalue weighted by Gasteiger charge is 2.34. The molecule has 0 aliphatic carbocycles. The Morgan fingerprint density at radius 1 is 1.50 bits per heavy atom. The summed E-state index contributed by atoms with van der Waals surface area (Å²) in [6.45, 7) is -0.249. The van der Waals surface area contributed by atoms with Crippen LogP contribution in [-0.2, 0) is 4.74 Å². The van der Waals surface area contributed by atoms with Crippen molar-refractivity contribution < 1.29 is 27.8 Å². The molecular weight excluding hydrogens is 253 g/mol. The molecule has 0 aromatic rings. The van der Waals surface area contributed by atoms with Crippen molar-refractivity contribution in [2.75, 3.05) is 39.4 Å². The van der Waals surface area contributed by atoms with Gasteiger partial charge in [0.25, 0.3) is 0 Å². The van der Waals surface area contributed by atoms with Gasteiger partial charge in [0.2, 0.25) is 0 Å². The Hall–Kier alpha value is -1.02. The van der Waals surface area contributed by atoms with Gasteiger partial charge in [-0.15, -0.1) is 0 Å². The summed E-state index contributed by atoms with van der Waals surface area (Å²) in [5.74, 6) is 0.00836. The first-order valence-electron chi connectivity index (χ1n) is 5.71. The number of alkyl halides is 3. The van der Waals surface area contributed by atoms with E-state index in [0.717, 1.165) is 0 Å². The summed E-state index contributed by atoms with van der Waals surface area (Å²) in [6.07, 6.45) is -4.21. The maximum Gasteiger partial charge on any atom is 0.407 e. The maximum atomic E-state index is 12.1. The van der Waals surface area contributed by atoms with Crippen molar-refractivity contribution in [2.45, 2.75) is 12.6 Å². The molecule has 18 heavy (non-hydrogen) atoms. The fraction of sp³-hybridized carbons (Fsp3) is 0.900. The smallest absolute Gasteiger partial charge is 0.407 e. The van der Waals surface area contributed by atoms with Crippen molar-refractivity contribution in [3.05, 3.63) is 0 Å². The number of nitrogens with one attached hydrogen (secondary N) is 1. The number of aliphatic hydroxyl groups is 1. The largest absolute Gasteiger partial charge is 0.447 e. The molecule has 1 aliphatic heterocycles. The number of likely N-dealkylation sites (tertiary alicyclic amines) is 1. The molecule has 0 spiro atoms. The first-order chi connectivity index (χ1) is 8.40. The number of aliphatic hydroxyl groups excluding tert-OH is 1. The topological polar surface area (TPSA) is 61.8 Å². The third kappa shape index (κ3) is 6.06. The average Bonchev–Trinajstić information content (AvgIpc) is 2.68. The molecule has 1 atom stereocenters. The molecule has 0 saturated carbocycles. The van der Waals surface area contributed by atoms with Gasteiger partial charge < -0.3 is 15.2 Å². The lowest BCUT2D eigenvalue weighted by Crippen LogP contribution is -2.35. The molecule has 0 aromatic heterocycles. The van der Waals surface area contributed by atoms with E-state index in [1.807, 2.05) is 0 Å². The number of rotatable bonds is 5. The fourth-order valence-corrected chi connectivity index (χ4v) is 1.89. The Balaban J connectivity index is 2.16. The number of hydrogen-bond acceptors (Lipinski definition) is 4. The van der Waals surface area contributed by atoms with Gasteiger partial charge in [-0.25, -0.2) is 4.79 Å². The number of carbonyl (C=O) groups is 1. The van der Waals surface area contributed by atoms with Crippen LogP contribution in [-0.4, -0.2) is 61.7 Å². The third-order valence-corrected chi connectivity index (χ3v) is 2.63. The molecular formula is C10H17F3N2O3. The van der Waals surface area contributed by atoms with Crippen LogP contribution in [0.15, 0.2) is 0 Å². The zero-order valence-electron chi connectivity index (χ0n) is 9.87. The van der Waals surface area contributed by atoms with E-state index in [-0.39, 0.29) is 19.1 Å². The lowest BCUT2D eigenvalue weighted by atomic mass is 10.1. The van der Waals surface area contributed by atoms with E-state index in [1.165, 1.54) is 4.90 Å². The molecule has 8 heteroatoms. The van der Waals surface area contributed by atoms with Crippen molar-refractivity contribution in [2.24, 2.45) is 5.92 Å². The number of carbonyl (C=O) groups excluding carboxylic acids is 1. The maximum absolute atomic E-state index is 12.1. The molecule has 1 rings (SSSR count). The summed E-state index contributed by atoms with van der Waals surface area (Å²) in [5, 5.41) is 10.9. The van der Waals surface area contributed by atoms with Gasteiger partial charge in [-0.2, -0.15) is 13.2 Å². The summed E-state index contributed by atoms with van der Waals surface area (Å²) in [4.78, 5) is 12.4. The van der Waals surface area contributed by atoms with E-state index in [4.69, 9.17) is 5.11 Å². The Kier molecular flexibility index (Phi) is 5.67. The molecule has 0 radical (unpaired) electrons. The molecule has 5 nitrogen and oxygen atoms in total. The van der Waals surface area contributed by atoms with Crippen molar-refractivity contribution in [3.63, 3.8) is 0 Å². The van der Waals surface area contributed by atoms with Crippen LogP contribution >= 0.6 is 0 Å². The Bertz CT molecular complexity index is 274. The van der Waals surface area contributed by atoms with Gasteiger partial charge >= 0.3 is 12.3 Å². The molecule has 1 saturated heterocycles. The van der Waals surface area contributed by atoms with Gasteiger partial charge in [0.05, 0.1) is 13.2 Å². The van der Waals surface area contributed by atoms with Gasteiger partial charge in [0.15, 0.2) is 0 Å². The predicted molar refractivity (Wildman–Crippen MR) is 57.0 cm³/mol. The Morgan fingerprint density at radius 2 is 2.22 bits per heavy atom. The fourth-order valence-electron chi connectivity index (χ4n) is 1.89. The second-order valence-electron chi connectivity index (χ2n) is 4.25. The molecule has 0 bridgehead atoms. The van der Waals surface area contributed by atoms with Crippen molar-refractivity contribution in [1.29, 1.82) is 0 Å². The van der Waals surface area contributed by atoms with Crippen LogP contribution in [0.1, 0.15) is 6.42 Å². The molecule has 1 amide bonds. The van der Waals surface area contributed by atoms with Crippen molar-refractivity contribution in [3.8, 4) is 0 Å². The van der Waals surface area contributed by atoms with E-state index in [0.29, 0.717) is 26.1 Å². The Labute approximate surface area is 103 Å². The monoisotopic (exact) mass is 270 g/mol. The summed E-state index contributed by atoms with van der Waals surface area (Å²) in [7, 11) is 0. The molecule has 106 valence electrons. The van der Waals surface area contributed by atoms with Crippen LogP contribution in [0, 0.1) is 5.92 Å². The molecule has 0 aromatic carbocycles. The number of amides is 1. The minimum Gasteiger partial charge on any atom is -0.447 e. The number of ether oxygens (including phenoxy) is 1. The lowest BCUT2D eigenvalue weighted by Gasteiger charge is -2.17. The van der Waals surface area contributed by atoms with Crippen LogP contribution in [0.4, 0.5) is 18.0 Å². The van der Waals surface area contributed by atoms with Crippen LogP contribution in [0.25, 0.3) is 0 Å². The highest BCUT2D eigenvalue weighted by Crippen LogP contribution is 2.22. The highest BCUT2D eigenvalue weighted by atomic mass is 19.4. The molecule has 1 heterocycles. The molecule has 1 unspecified atom stereocenters. The minimum absolute atomic E-state index is 0.00836. The van der Waals surface area contributed by atoms with Crippen molar-refractivity contribution >= 4 is 6.09 Å². The second kappa shape index (κ2) is 6.79. The predicted octanol–water partition coefficient (Wildman–Crippen LogP) is 0.589. The third-order valence-electron chi connectivity index (χ3n) is 2.63. The molecule has 1 fully saturated rings. The van der Waals surface area contributed by atoms with Gasteiger partial charge in [0.1, 0.15) is 6.61 Å². The number of halogens is 3. The van der Waals surface area contributed by atoms with E-state index >= 15 is 0 Å². The first kappa shape index (κ1) is 15.0. The van der Waals surface area contributed by atoms with Gasteiger partial charge in [-0.1, -0.05) is 0 Å². The summed E-state index contributed by atoms with van der Waals surface area (Å²) in [6, 6.07) is 0. The van der Waals surface area contributed by atoms with Gasteiger partial charge in [0, 0.05) is 13.1 Å². The molecule has 1 aliphatic rings. The van der Waals surface area contributed by atoms with E-state index in [1.54, 1.807) is 0 Å². The van der Waals surface area contributed by atoms with Gasteiger partial charge in [-0.05, 0) is 18.9 Å². The minimum atomic E-state index is -4.18. The molecule has 2 N–H and O–H groups in total. The van der Waals surface area contributed by atoms with Crippen LogP contribution in [0.2, 0.25) is 0 Å². The lowest BCUT2D eigenvalue weighted by molar-refractivity contribution is -0.143. The second-order valence-corrected chi connectivity index (χ2v) is 4.25. The van der Waals surface area contributed by atoms with E-state index < -0.39 is 18.8 Å². The Morgan fingerprint density at radius 3 is 2.83 bits per heavy atom. The van der Waals surface area contributed by atoms with Crippen LogP contribution in [0.3, 0.4) is 0 Å². The van der Waals surface area contributed by atoms with E-state index in [2.05, 4.69) is 10.1 Å². The highest BCUT2D eigenvalue weighted by molar-refractivity contribution is 5.67. The number of alkyl carbamates (subject to hydrolysis) is 1. The number of nitrogens with zero attached hydrogens (tertiary/aromatic N) is 1. The van der Waals surface area contributed by atoms with Crippen LogP contribution < -0.4 is 5.32 Å².